The second kappa shape index (κ2) is 21.8. The molecule has 0 spiro atoms. The van der Waals surface area contributed by atoms with E-state index in [9.17, 15) is 11.0 Å². The summed E-state index contributed by atoms with van der Waals surface area (Å²) < 4.78 is 177. The monoisotopic (exact) mass is 1280 g/mol. The van der Waals surface area contributed by atoms with Gasteiger partial charge in [0, 0.05) is 49.5 Å². The summed E-state index contributed by atoms with van der Waals surface area (Å²) in [6.07, 6.45) is 0. The van der Waals surface area contributed by atoms with Crippen LogP contribution >= 0.6 is 0 Å². The fourth-order valence-corrected chi connectivity index (χ4v) is 15.1. The van der Waals surface area contributed by atoms with Gasteiger partial charge in [0.15, 0.2) is 11.2 Å². The summed E-state index contributed by atoms with van der Waals surface area (Å²) in [4.78, 5) is 4.30. The summed E-state index contributed by atoms with van der Waals surface area (Å²) in [5.74, 6) is -0.765. The van der Waals surface area contributed by atoms with Crippen molar-refractivity contribution in [3.8, 4) is 55.9 Å². The van der Waals surface area contributed by atoms with Crippen molar-refractivity contribution in [2.75, 3.05) is 9.80 Å². The molecule has 19 rings (SSSR count). The third kappa shape index (κ3) is 8.99. The summed E-state index contributed by atoms with van der Waals surface area (Å²) in [6, 6.07) is 57.3. The van der Waals surface area contributed by atoms with Gasteiger partial charge in [-0.1, -0.05) is 260 Å². The van der Waals surface area contributed by atoms with Crippen LogP contribution in [0.25, 0.3) is 121 Å². The number of fused-ring (bicyclic) bond motifs is 13. The molecular formula is C93H70N4O. The largest absolute Gasteiger partial charge is 0.452 e. The Labute approximate surface area is 596 Å². The van der Waals surface area contributed by atoms with Crippen LogP contribution < -0.4 is 9.80 Å². The first kappa shape index (κ1) is 41.8. The van der Waals surface area contributed by atoms with E-state index in [1.165, 1.54) is 4.57 Å². The van der Waals surface area contributed by atoms with Gasteiger partial charge in [-0.05, 0) is 169 Å². The molecule has 2 aliphatic heterocycles. The third-order valence-corrected chi connectivity index (χ3v) is 19.8. The first-order valence-electron chi connectivity index (χ1n) is 41.9. The molecule has 98 heavy (non-hydrogen) atoms. The maximum absolute atomic E-state index is 9.58. The molecule has 0 fully saturated rings. The Hall–Kier alpha value is -11.9. The van der Waals surface area contributed by atoms with Crippen LogP contribution in [0.2, 0.25) is 0 Å². The molecule has 3 aromatic heterocycles. The van der Waals surface area contributed by atoms with Crippen LogP contribution in [0.1, 0.15) is 100.0 Å². The Bertz CT molecular complexity index is 6970. The van der Waals surface area contributed by atoms with E-state index in [4.69, 9.17) is 18.1 Å². The van der Waals surface area contributed by atoms with Gasteiger partial charge in [-0.15, -0.1) is 0 Å². The van der Waals surface area contributed by atoms with E-state index in [0.29, 0.717) is 61.7 Å². The zero-order valence-electron chi connectivity index (χ0n) is 72.3. The van der Waals surface area contributed by atoms with Crippen LogP contribution in [0.5, 0.6) is 0 Å². The number of nitrogens with zero attached hydrogens (tertiary/aromatic N) is 4. The van der Waals surface area contributed by atoms with Gasteiger partial charge in [0.25, 0.3) is 0 Å². The molecule has 468 valence electrons. The second-order valence-electron chi connectivity index (χ2n) is 27.5. The molecule has 1 atom stereocenters. The Morgan fingerprint density at radius 2 is 0.765 bits per heavy atom. The lowest BCUT2D eigenvalue weighted by atomic mass is 9.74. The van der Waals surface area contributed by atoms with Crippen LogP contribution in [-0.4, -0.2) is 9.13 Å². The lowest BCUT2D eigenvalue weighted by molar-refractivity contribution is 0.590. The molecule has 17 aromatic rings. The third-order valence-electron chi connectivity index (χ3n) is 19.8. The number of aromatic nitrogens is 2. The van der Waals surface area contributed by atoms with E-state index in [1.54, 1.807) is 24.3 Å². The molecule has 5 nitrogen and oxygen atoms in total. The number of anilines is 6. The number of para-hydroxylation sites is 4. The maximum atomic E-state index is 9.58. The minimum atomic E-state index is -0.765. The standard InChI is InChI=1S/C93H70N4O/c1-92(2,3)66-43-47-80-76(54-66)77-55-67(93(4,5)6)44-48-81(77)94(80)69-56-86-89-87(57-69)97(83-40-24-36-73-72-35-23-39-82(90(72)98-91(73)83)96-78-37-21-19-33-70(78)71-34-20-22-38-79(71)96)85-53-63(59-27-13-8-14-28-59)42-46-75(85)88(89)74-45-41-62(58-25-11-7-12-26-58)52-84(74)95(86)68-50-64(60-29-15-9-16-30-60)49-65(51-68)61-31-17-10-18-32-61/h7-57,88H,1-6H3/i7D,8D,11D,12D,13D,14D,19D,20D,21D,22D,25D,26D,27D,28D,33D,34D,37D,38D. The molecular weight excluding hydrogens is 1190 g/mol. The first-order valence-corrected chi connectivity index (χ1v) is 32.9. The number of furan rings is 1. The van der Waals surface area contributed by atoms with Crippen LogP contribution in [0.15, 0.2) is 313 Å². The van der Waals surface area contributed by atoms with Gasteiger partial charge >= 0.3 is 0 Å². The van der Waals surface area contributed by atoms with Gasteiger partial charge in [0.1, 0.15) is 0 Å². The second-order valence-corrected chi connectivity index (χ2v) is 27.5. The average Bonchev–Trinajstić information content (AvgIpc) is 1.26. The molecule has 0 saturated heterocycles. The summed E-state index contributed by atoms with van der Waals surface area (Å²) >= 11 is 0. The van der Waals surface area contributed by atoms with E-state index in [2.05, 4.69) is 147 Å². The van der Waals surface area contributed by atoms with E-state index in [-0.39, 0.29) is 66.2 Å². The molecule has 0 N–H and O–H groups in total. The van der Waals surface area contributed by atoms with Crippen LogP contribution in [-0.2, 0) is 10.8 Å². The molecule has 0 radical (unpaired) electrons. The van der Waals surface area contributed by atoms with Gasteiger partial charge in [0.05, 0.1) is 86.6 Å². The van der Waals surface area contributed by atoms with Crippen molar-refractivity contribution in [3.05, 3.63) is 337 Å². The highest BCUT2D eigenvalue weighted by atomic mass is 16.3. The minimum absolute atomic E-state index is 0.0101. The normalized spacial score (nSPS) is 16.2. The van der Waals surface area contributed by atoms with Crippen molar-refractivity contribution in [2.24, 2.45) is 0 Å². The summed E-state index contributed by atoms with van der Waals surface area (Å²) in [6.45, 7) is 13.2. The van der Waals surface area contributed by atoms with Crippen molar-refractivity contribution in [1.82, 2.24) is 9.13 Å². The highest BCUT2D eigenvalue weighted by Crippen LogP contribution is 2.63. The van der Waals surface area contributed by atoms with E-state index < -0.39 is 115 Å². The highest BCUT2D eigenvalue weighted by Gasteiger charge is 2.43. The van der Waals surface area contributed by atoms with E-state index in [0.717, 1.165) is 66.3 Å². The van der Waals surface area contributed by atoms with E-state index in [1.807, 2.05) is 84.9 Å². The van der Waals surface area contributed by atoms with Crippen molar-refractivity contribution < 1.29 is 29.1 Å². The lowest BCUT2D eigenvalue weighted by Gasteiger charge is -2.45. The van der Waals surface area contributed by atoms with Crippen molar-refractivity contribution in [2.45, 2.75) is 58.3 Å². The first-order chi connectivity index (χ1) is 55.3. The van der Waals surface area contributed by atoms with E-state index >= 15 is 0 Å². The predicted octanol–water partition coefficient (Wildman–Crippen LogP) is 25.8. The fraction of sp³-hybridized carbons (Fsp3) is 0.0968. The minimum Gasteiger partial charge on any atom is -0.452 e. The lowest BCUT2D eigenvalue weighted by Crippen LogP contribution is -2.29. The predicted molar refractivity (Wildman–Crippen MR) is 412 cm³/mol. The van der Waals surface area contributed by atoms with Gasteiger partial charge < -0.3 is 23.4 Å². The Balaban J connectivity index is 0.997. The summed E-state index contributed by atoms with van der Waals surface area (Å²) in [5.41, 5.74) is 14.3. The summed E-state index contributed by atoms with van der Waals surface area (Å²) in [7, 11) is 0. The van der Waals surface area contributed by atoms with Crippen LogP contribution in [0.4, 0.5) is 34.1 Å². The summed E-state index contributed by atoms with van der Waals surface area (Å²) in [5, 5.41) is 2.86. The molecule has 0 bridgehead atoms. The molecule has 0 aliphatic carbocycles. The molecule has 1 unspecified atom stereocenters. The Morgan fingerprint density at radius 3 is 1.29 bits per heavy atom. The number of rotatable bonds is 8. The van der Waals surface area contributed by atoms with Gasteiger partial charge in [0.2, 0.25) is 0 Å². The van der Waals surface area contributed by atoms with Crippen LogP contribution in [0.3, 0.4) is 0 Å². The topological polar surface area (TPSA) is 29.5 Å². The van der Waals surface area contributed by atoms with Crippen molar-refractivity contribution in [1.29, 1.82) is 0 Å². The van der Waals surface area contributed by atoms with Gasteiger partial charge in [-0.25, -0.2) is 0 Å². The van der Waals surface area contributed by atoms with Crippen LogP contribution in [0, 0.1) is 0 Å². The smallest absolute Gasteiger partial charge is 0.159 e. The molecule has 2 aliphatic rings. The van der Waals surface area contributed by atoms with Gasteiger partial charge in [-0.2, -0.15) is 0 Å². The highest BCUT2D eigenvalue weighted by molar-refractivity contribution is 6.16. The number of hydrogen-bond donors (Lipinski definition) is 0. The SMILES string of the molecule is [2H]c1c([2H])c([2H])c(-c2ccc3c(c2)N(c2cc(-c4ccccc4)cc(-c4ccccc4)c2)c2cc(-n4c5ccc(C(C)(C)C)cc5c5cc(C(C)(C)C)ccc54)cc4c2C3c2ccc(-c3c([2H])c([2H])c([2H])c([2H])c3[2H])cc2N4c2cccc3c2oc2c(-n4c5c([2H])c([2H])c([2H])c([2H])c5c5c([2H])c([2H])c([2H])c([2H])c54)cccc23)c([2H])c1[2H]. The molecule has 5 heteroatoms. The zero-order chi connectivity index (χ0) is 81.4. The fourth-order valence-electron chi connectivity index (χ4n) is 15.1. The molecule has 14 aromatic carbocycles. The number of benzene rings is 14. The molecule has 0 saturated carbocycles. The maximum Gasteiger partial charge on any atom is 0.159 e. The van der Waals surface area contributed by atoms with Gasteiger partial charge in [-0.3, -0.25) is 0 Å². The van der Waals surface area contributed by atoms with Crippen molar-refractivity contribution in [3.63, 3.8) is 0 Å². The molecule has 5 heterocycles. The molecule has 0 amide bonds. The quantitative estimate of drug-likeness (QED) is 0.152. The van der Waals surface area contributed by atoms with Crippen molar-refractivity contribution >= 4 is 99.7 Å². The Morgan fingerprint density at radius 1 is 0.296 bits per heavy atom. The Kier molecular flexibility index (Phi) is 9.30. The number of hydrogen-bond acceptors (Lipinski definition) is 3. The average molecular weight is 1280 g/mol. The zero-order valence-corrected chi connectivity index (χ0v) is 54.3.